The van der Waals surface area contributed by atoms with Gasteiger partial charge in [-0.2, -0.15) is 0 Å². The van der Waals surface area contributed by atoms with E-state index < -0.39 is 0 Å². The number of para-hydroxylation sites is 3. The standard InChI is InChI=1S/C39H30N6/c1-42-25-44(35-19-7-6-18-34(35)42)28-13-8-14-29(24-28)45-36-23-27(20-21-31(36)32-16-10-22-40-39(32)45)38-41-33-17-9-15-30(37(33)43(38)2)26-11-4-3-5-12-26/h3-24H,25H2,1-2H3. The zero-order valence-corrected chi connectivity index (χ0v) is 25.1. The molecule has 0 radical (unpaired) electrons. The van der Waals surface area contributed by atoms with Crippen molar-refractivity contribution in [3.63, 3.8) is 0 Å². The Kier molecular flexibility index (Phi) is 5.59. The Hall–Kier alpha value is -5.88. The van der Waals surface area contributed by atoms with Crippen LogP contribution < -0.4 is 9.80 Å². The normalized spacial score (nSPS) is 12.9. The van der Waals surface area contributed by atoms with E-state index in [-0.39, 0.29) is 0 Å². The topological polar surface area (TPSA) is 42.1 Å². The zero-order chi connectivity index (χ0) is 30.1. The monoisotopic (exact) mass is 582 g/mol. The number of hydrogen-bond donors (Lipinski definition) is 0. The molecule has 1 aliphatic rings. The van der Waals surface area contributed by atoms with E-state index in [1.165, 1.54) is 27.9 Å². The molecule has 0 atom stereocenters. The number of fused-ring (bicyclic) bond motifs is 5. The minimum atomic E-state index is 0.802. The van der Waals surface area contributed by atoms with Crippen molar-refractivity contribution in [3.05, 3.63) is 134 Å². The molecule has 5 aromatic carbocycles. The van der Waals surface area contributed by atoms with Gasteiger partial charge in [0.05, 0.1) is 34.6 Å². The van der Waals surface area contributed by atoms with Crippen LogP contribution in [0.3, 0.4) is 0 Å². The predicted molar refractivity (Wildman–Crippen MR) is 186 cm³/mol. The molecule has 0 saturated heterocycles. The van der Waals surface area contributed by atoms with Crippen molar-refractivity contribution < 1.29 is 0 Å². The quantitative estimate of drug-likeness (QED) is 0.208. The molecule has 0 bridgehead atoms. The summed E-state index contributed by atoms with van der Waals surface area (Å²) in [5.74, 6) is 0.936. The largest absolute Gasteiger partial charge is 0.355 e. The Morgan fingerprint density at radius 2 is 1.42 bits per heavy atom. The smallest absolute Gasteiger partial charge is 0.145 e. The lowest BCUT2D eigenvalue weighted by Gasteiger charge is -2.20. The molecule has 45 heavy (non-hydrogen) atoms. The summed E-state index contributed by atoms with van der Waals surface area (Å²) in [5.41, 5.74) is 12.3. The SMILES string of the molecule is CN1CN(c2cccc(-n3c4cc(-c5nc6cccc(-c7ccccc7)c6n5C)ccc4c4cccnc43)c2)c2ccccc21. The first kappa shape index (κ1) is 25.6. The van der Waals surface area contributed by atoms with Crippen LogP contribution in [0.4, 0.5) is 17.1 Å². The summed E-state index contributed by atoms with van der Waals surface area (Å²) < 4.78 is 4.52. The van der Waals surface area contributed by atoms with E-state index in [0.717, 1.165) is 57.0 Å². The third-order valence-corrected chi connectivity index (χ3v) is 9.10. The van der Waals surface area contributed by atoms with Crippen LogP contribution in [-0.2, 0) is 7.05 Å². The van der Waals surface area contributed by atoms with E-state index >= 15 is 0 Å². The molecule has 0 saturated carbocycles. The van der Waals surface area contributed by atoms with Crippen LogP contribution >= 0.6 is 0 Å². The summed E-state index contributed by atoms with van der Waals surface area (Å²) >= 11 is 0. The van der Waals surface area contributed by atoms with Crippen molar-refractivity contribution in [2.75, 3.05) is 23.5 Å². The second-order valence-corrected chi connectivity index (χ2v) is 11.8. The highest BCUT2D eigenvalue weighted by Crippen LogP contribution is 2.41. The van der Waals surface area contributed by atoms with Gasteiger partial charge in [0, 0.05) is 53.6 Å². The first-order valence-corrected chi connectivity index (χ1v) is 15.2. The summed E-state index contributed by atoms with van der Waals surface area (Å²) in [6.45, 7) is 0.802. The molecule has 1 aliphatic heterocycles. The molecular formula is C39H30N6. The fourth-order valence-corrected chi connectivity index (χ4v) is 7.02. The number of anilines is 3. The van der Waals surface area contributed by atoms with Crippen LogP contribution in [0, 0.1) is 0 Å². The summed E-state index contributed by atoms with van der Waals surface area (Å²) in [6.07, 6.45) is 1.88. The summed E-state index contributed by atoms with van der Waals surface area (Å²) in [4.78, 5) is 14.7. The summed E-state index contributed by atoms with van der Waals surface area (Å²) in [5, 5.41) is 2.30. The minimum absolute atomic E-state index is 0.802. The minimum Gasteiger partial charge on any atom is -0.355 e. The highest BCUT2D eigenvalue weighted by molar-refractivity contribution is 6.09. The van der Waals surface area contributed by atoms with Crippen molar-refractivity contribution in [1.82, 2.24) is 19.1 Å². The molecule has 0 unspecified atom stereocenters. The third kappa shape index (κ3) is 3.89. The summed E-state index contributed by atoms with van der Waals surface area (Å²) in [6, 6.07) is 45.2. The van der Waals surface area contributed by atoms with E-state index in [1.807, 2.05) is 12.3 Å². The fourth-order valence-electron chi connectivity index (χ4n) is 7.02. The molecule has 0 N–H and O–H groups in total. The average Bonchev–Trinajstić information content (AvgIpc) is 3.74. The molecule has 216 valence electrons. The van der Waals surface area contributed by atoms with Crippen LogP contribution in [0.15, 0.2) is 134 Å². The Bertz CT molecular complexity index is 2400. The molecular weight excluding hydrogens is 552 g/mol. The lowest BCUT2D eigenvalue weighted by Crippen LogP contribution is -2.24. The average molecular weight is 583 g/mol. The van der Waals surface area contributed by atoms with Gasteiger partial charge in [-0.25, -0.2) is 9.97 Å². The molecule has 0 spiro atoms. The number of hydrogen-bond acceptors (Lipinski definition) is 4. The van der Waals surface area contributed by atoms with Gasteiger partial charge in [0.25, 0.3) is 0 Å². The second-order valence-electron chi connectivity index (χ2n) is 11.8. The van der Waals surface area contributed by atoms with Gasteiger partial charge in [-0.15, -0.1) is 0 Å². The lowest BCUT2D eigenvalue weighted by molar-refractivity contribution is 0.948. The Morgan fingerprint density at radius 3 is 2.31 bits per heavy atom. The van der Waals surface area contributed by atoms with E-state index in [4.69, 9.17) is 9.97 Å². The Balaban J connectivity index is 1.23. The molecule has 6 nitrogen and oxygen atoms in total. The maximum atomic E-state index is 5.15. The number of aromatic nitrogens is 4. The van der Waals surface area contributed by atoms with E-state index in [1.54, 1.807) is 0 Å². The fraction of sp³-hybridized carbons (Fsp3) is 0.0769. The lowest BCUT2D eigenvalue weighted by atomic mass is 10.0. The van der Waals surface area contributed by atoms with Crippen LogP contribution in [-0.4, -0.2) is 32.8 Å². The van der Waals surface area contributed by atoms with E-state index in [9.17, 15) is 0 Å². The van der Waals surface area contributed by atoms with Gasteiger partial charge in [0.2, 0.25) is 0 Å². The van der Waals surface area contributed by atoms with E-state index in [2.05, 4.69) is 154 Å². The molecule has 6 heteroatoms. The number of rotatable bonds is 4. The maximum Gasteiger partial charge on any atom is 0.145 e. The number of nitrogens with zero attached hydrogens (tertiary/aromatic N) is 6. The second kappa shape index (κ2) is 9.82. The molecule has 0 aliphatic carbocycles. The Morgan fingerprint density at radius 1 is 0.622 bits per heavy atom. The zero-order valence-electron chi connectivity index (χ0n) is 25.1. The van der Waals surface area contributed by atoms with Gasteiger partial charge in [-0.1, -0.05) is 72.8 Å². The number of aryl methyl sites for hydroxylation is 1. The third-order valence-electron chi connectivity index (χ3n) is 9.10. The van der Waals surface area contributed by atoms with Gasteiger partial charge in [0.1, 0.15) is 11.5 Å². The van der Waals surface area contributed by atoms with Crippen molar-refractivity contribution in [2.45, 2.75) is 0 Å². The van der Waals surface area contributed by atoms with Crippen molar-refractivity contribution in [3.8, 4) is 28.2 Å². The van der Waals surface area contributed by atoms with Gasteiger partial charge in [-0.3, -0.25) is 4.57 Å². The van der Waals surface area contributed by atoms with Crippen molar-refractivity contribution >= 4 is 50.0 Å². The van der Waals surface area contributed by atoms with Crippen LogP contribution in [0.5, 0.6) is 0 Å². The highest BCUT2D eigenvalue weighted by Gasteiger charge is 2.25. The number of pyridine rings is 1. The number of imidazole rings is 1. The molecule has 0 fully saturated rings. The van der Waals surface area contributed by atoms with Crippen LogP contribution in [0.25, 0.3) is 61.2 Å². The van der Waals surface area contributed by atoms with Gasteiger partial charge in [-0.05, 0) is 60.2 Å². The first-order valence-electron chi connectivity index (χ1n) is 15.2. The molecule has 0 amide bonds. The molecule has 8 aromatic rings. The van der Waals surface area contributed by atoms with Crippen molar-refractivity contribution in [1.29, 1.82) is 0 Å². The van der Waals surface area contributed by atoms with Gasteiger partial charge < -0.3 is 14.4 Å². The predicted octanol–water partition coefficient (Wildman–Crippen LogP) is 8.94. The summed E-state index contributed by atoms with van der Waals surface area (Å²) in [7, 11) is 4.26. The van der Waals surface area contributed by atoms with Gasteiger partial charge in [0.15, 0.2) is 0 Å². The molecule has 9 rings (SSSR count). The molecule has 3 aromatic heterocycles. The Labute approximate surface area is 261 Å². The number of benzene rings is 5. The van der Waals surface area contributed by atoms with Crippen LogP contribution in [0.2, 0.25) is 0 Å². The van der Waals surface area contributed by atoms with Crippen molar-refractivity contribution in [2.24, 2.45) is 7.05 Å². The van der Waals surface area contributed by atoms with E-state index in [0.29, 0.717) is 0 Å². The highest BCUT2D eigenvalue weighted by atomic mass is 15.4. The maximum absolute atomic E-state index is 5.15. The van der Waals surface area contributed by atoms with Crippen LogP contribution in [0.1, 0.15) is 0 Å². The van der Waals surface area contributed by atoms with Gasteiger partial charge >= 0.3 is 0 Å². The first-order chi connectivity index (χ1) is 22.2. The molecule has 4 heterocycles.